The van der Waals surface area contributed by atoms with Gasteiger partial charge in [0, 0.05) is 0 Å². The molecule has 0 aromatic rings. The molecule has 0 unspecified atom stereocenters. The molecule has 8 heavy (non-hydrogen) atoms. The minimum absolute atomic E-state index is 0.581. The van der Waals surface area contributed by atoms with Crippen LogP contribution in [0.5, 0.6) is 0 Å². The predicted molar refractivity (Wildman–Crippen MR) is 37.1 cm³/mol. The lowest BCUT2D eigenvalue weighted by atomic mass is 10.1. The summed E-state index contributed by atoms with van der Waals surface area (Å²) in [6.07, 6.45) is 10.1. The molecule has 0 N–H and O–H groups in total. The SMILES string of the molecule is C#CC(C)(C#C)O[SiH3]. The Hall–Kier alpha value is -0.703. The predicted octanol–water partition coefficient (Wildman–Crippen LogP) is -0.692. The zero-order valence-electron chi connectivity index (χ0n) is 5.06. The largest absolute Gasteiger partial charge is 0.403 e. The molecule has 0 aliphatic rings. The number of hydrogen-bond donors (Lipinski definition) is 0. The Morgan fingerprint density at radius 2 is 1.88 bits per heavy atom. The maximum absolute atomic E-state index is 5.03. The lowest BCUT2D eigenvalue weighted by Gasteiger charge is -2.13. The van der Waals surface area contributed by atoms with E-state index in [0.717, 1.165) is 0 Å². The van der Waals surface area contributed by atoms with Crippen molar-refractivity contribution in [1.82, 2.24) is 0 Å². The van der Waals surface area contributed by atoms with E-state index >= 15 is 0 Å². The maximum atomic E-state index is 5.03. The molecule has 0 rings (SSSR count). The van der Waals surface area contributed by atoms with E-state index in [1.165, 1.54) is 0 Å². The highest BCUT2D eigenvalue weighted by molar-refractivity contribution is 5.98. The molecular weight excluding hydrogens is 116 g/mol. The van der Waals surface area contributed by atoms with Crippen LogP contribution in [0, 0.1) is 24.7 Å². The molecule has 0 aliphatic carbocycles. The van der Waals surface area contributed by atoms with Gasteiger partial charge in [0.15, 0.2) is 5.60 Å². The smallest absolute Gasteiger partial charge is 0.176 e. The summed E-state index contributed by atoms with van der Waals surface area (Å²) in [4.78, 5) is 0. The highest BCUT2D eigenvalue weighted by Gasteiger charge is 2.13. The molecule has 0 atom stereocenters. The molecule has 0 saturated carbocycles. The second-order valence-electron chi connectivity index (χ2n) is 1.53. The van der Waals surface area contributed by atoms with Gasteiger partial charge in [-0.15, -0.1) is 12.8 Å². The summed E-state index contributed by atoms with van der Waals surface area (Å²) in [5.74, 6) is 4.71. The first-order chi connectivity index (χ1) is 3.68. The second-order valence-corrected chi connectivity index (χ2v) is 1.93. The molecule has 2 heteroatoms. The van der Waals surface area contributed by atoms with Crippen molar-refractivity contribution in [2.75, 3.05) is 0 Å². The van der Waals surface area contributed by atoms with Gasteiger partial charge < -0.3 is 4.43 Å². The van der Waals surface area contributed by atoms with Crippen LogP contribution in [0.3, 0.4) is 0 Å². The van der Waals surface area contributed by atoms with Crippen LogP contribution in [0.15, 0.2) is 0 Å². The van der Waals surface area contributed by atoms with Crippen LogP contribution in [0.1, 0.15) is 6.92 Å². The lowest BCUT2D eigenvalue weighted by Crippen LogP contribution is -2.22. The highest BCUT2D eigenvalue weighted by atomic mass is 28.2. The molecule has 0 aliphatic heterocycles. The van der Waals surface area contributed by atoms with Crippen molar-refractivity contribution in [2.45, 2.75) is 12.5 Å². The molecule has 0 bridgehead atoms. The molecule has 0 radical (unpaired) electrons. The van der Waals surface area contributed by atoms with E-state index in [4.69, 9.17) is 17.3 Å². The molecule has 0 aromatic heterocycles. The molecule has 42 valence electrons. The summed E-state index contributed by atoms with van der Waals surface area (Å²) in [6.45, 7) is 1.69. The molecule has 1 nitrogen and oxygen atoms in total. The van der Waals surface area contributed by atoms with Gasteiger partial charge in [0.05, 0.1) is 0 Å². The van der Waals surface area contributed by atoms with Crippen molar-refractivity contribution >= 4 is 10.5 Å². The van der Waals surface area contributed by atoms with E-state index in [0.29, 0.717) is 10.5 Å². The number of rotatable bonds is 1. The van der Waals surface area contributed by atoms with Gasteiger partial charge in [-0.25, -0.2) is 0 Å². The Kier molecular flexibility index (Phi) is 2.34. The van der Waals surface area contributed by atoms with Gasteiger partial charge in [-0.3, -0.25) is 0 Å². The van der Waals surface area contributed by atoms with E-state index in [1.807, 2.05) is 0 Å². The first kappa shape index (κ1) is 7.30. The van der Waals surface area contributed by atoms with Crippen LogP contribution in [0.2, 0.25) is 0 Å². The van der Waals surface area contributed by atoms with Crippen LogP contribution < -0.4 is 0 Å². The fourth-order valence-corrected chi connectivity index (χ4v) is 0.395. The normalized spacial score (nSPS) is 9.88. The van der Waals surface area contributed by atoms with Crippen LogP contribution in [-0.4, -0.2) is 16.1 Å². The van der Waals surface area contributed by atoms with E-state index in [-0.39, 0.29) is 0 Å². The summed E-state index contributed by atoms with van der Waals surface area (Å²) in [5, 5.41) is 0. The molecule has 0 heterocycles. The quantitative estimate of drug-likeness (QED) is 0.332. The summed E-state index contributed by atoms with van der Waals surface area (Å²) in [7, 11) is 0.581. The lowest BCUT2D eigenvalue weighted by molar-refractivity contribution is 0.236. The number of hydrogen-bond acceptors (Lipinski definition) is 1. The van der Waals surface area contributed by atoms with Crippen LogP contribution >= 0.6 is 0 Å². The fraction of sp³-hybridized carbons (Fsp3) is 0.333. The Balaban J connectivity index is 4.11. The molecule has 0 spiro atoms. The second kappa shape index (κ2) is 2.57. The monoisotopic (exact) mass is 124 g/mol. The average Bonchev–Trinajstić information content (AvgIpc) is 1.87. The van der Waals surface area contributed by atoms with Gasteiger partial charge in [-0.05, 0) is 6.92 Å². The summed E-state index contributed by atoms with van der Waals surface area (Å²) in [5.41, 5.74) is -0.758. The summed E-state index contributed by atoms with van der Waals surface area (Å²) >= 11 is 0. The summed E-state index contributed by atoms with van der Waals surface area (Å²) in [6, 6.07) is 0. The third kappa shape index (κ3) is 1.42. The van der Waals surface area contributed by atoms with Gasteiger partial charge in [0.1, 0.15) is 10.5 Å². The van der Waals surface area contributed by atoms with E-state index in [1.54, 1.807) is 6.92 Å². The minimum Gasteiger partial charge on any atom is -0.403 e. The van der Waals surface area contributed by atoms with Gasteiger partial charge >= 0.3 is 0 Å². The van der Waals surface area contributed by atoms with E-state index in [9.17, 15) is 0 Å². The van der Waals surface area contributed by atoms with Crippen molar-refractivity contribution < 1.29 is 4.43 Å². The van der Waals surface area contributed by atoms with Crippen molar-refractivity contribution in [1.29, 1.82) is 0 Å². The third-order valence-corrected chi connectivity index (χ3v) is 1.78. The standard InChI is InChI=1S/C6H8OSi/c1-4-6(3,5-2)7-8/h1-2H,3,8H3. The summed E-state index contributed by atoms with van der Waals surface area (Å²) < 4.78 is 4.90. The van der Waals surface area contributed by atoms with Crippen molar-refractivity contribution in [3.63, 3.8) is 0 Å². The first-order valence-electron chi connectivity index (χ1n) is 2.19. The van der Waals surface area contributed by atoms with Crippen molar-refractivity contribution in [3.8, 4) is 24.7 Å². The van der Waals surface area contributed by atoms with Crippen LogP contribution in [-0.2, 0) is 4.43 Å². The fourth-order valence-electron chi connectivity index (χ4n) is 0.160. The van der Waals surface area contributed by atoms with Crippen molar-refractivity contribution in [3.05, 3.63) is 0 Å². The van der Waals surface area contributed by atoms with E-state index in [2.05, 4.69) is 11.8 Å². The van der Waals surface area contributed by atoms with Crippen LogP contribution in [0.25, 0.3) is 0 Å². The topological polar surface area (TPSA) is 9.23 Å². The van der Waals surface area contributed by atoms with Gasteiger partial charge in [-0.2, -0.15) is 0 Å². The maximum Gasteiger partial charge on any atom is 0.176 e. The Morgan fingerprint density at radius 3 is 1.88 bits per heavy atom. The van der Waals surface area contributed by atoms with Gasteiger partial charge in [0.2, 0.25) is 0 Å². The molecule has 0 amide bonds. The van der Waals surface area contributed by atoms with Gasteiger partial charge in [0.25, 0.3) is 0 Å². The Bertz CT molecular complexity index is 135. The molecule has 0 fully saturated rings. The average molecular weight is 124 g/mol. The van der Waals surface area contributed by atoms with E-state index < -0.39 is 5.60 Å². The highest BCUT2D eigenvalue weighted by Crippen LogP contribution is 2.02. The minimum atomic E-state index is -0.758. The Labute approximate surface area is 53.0 Å². The van der Waals surface area contributed by atoms with Crippen LogP contribution in [0.4, 0.5) is 0 Å². The molecule has 0 saturated heterocycles. The first-order valence-corrected chi connectivity index (χ1v) is 3.01. The number of terminal acetylenes is 2. The van der Waals surface area contributed by atoms with Gasteiger partial charge in [-0.1, -0.05) is 11.8 Å². The van der Waals surface area contributed by atoms with Crippen molar-refractivity contribution in [2.24, 2.45) is 0 Å². The zero-order chi connectivity index (χ0) is 6.62. The molecule has 0 aromatic carbocycles. The Morgan fingerprint density at radius 1 is 1.50 bits per heavy atom. The molecular formula is C6H8OSi. The third-order valence-electron chi connectivity index (χ3n) is 0.959. The zero-order valence-corrected chi connectivity index (χ0v) is 7.06.